The molecule has 0 saturated heterocycles. The highest BCUT2D eigenvalue weighted by atomic mass is 16.5. The number of carbonyl (C=O) groups excluding carboxylic acids is 1. The Morgan fingerprint density at radius 3 is 2.50 bits per heavy atom. The molecule has 1 aromatic carbocycles. The van der Waals surface area contributed by atoms with E-state index in [-0.39, 0.29) is 12.5 Å². The quantitative estimate of drug-likeness (QED) is 0.567. The molecule has 5 heteroatoms. The van der Waals surface area contributed by atoms with Crippen molar-refractivity contribution in [2.45, 2.75) is 26.7 Å². The Kier molecular flexibility index (Phi) is 7.17. The fourth-order valence-corrected chi connectivity index (χ4v) is 1.64. The lowest BCUT2D eigenvalue weighted by molar-refractivity contribution is -0.119. The zero-order valence-electron chi connectivity index (χ0n) is 12.3. The minimum absolute atomic E-state index is 0.164. The molecule has 0 aromatic heterocycles. The number of anilines is 1. The predicted molar refractivity (Wildman–Crippen MR) is 82.2 cm³/mol. The van der Waals surface area contributed by atoms with Crippen molar-refractivity contribution >= 4 is 17.8 Å². The molecule has 1 rings (SSSR count). The van der Waals surface area contributed by atoms with Crippen LogP contribution in [0.1, 0.15) is 26.7 Å². The van der Waals surface area contributed by atoms with Gasteiger partial charge in [-0.2, -0.15) is 5.10 Å². The van der Waals surface area contributed by atoms with Crippen molar-refractivity contribution in [3.05, 3.63) is 24.3 Å². The highest BCUT2D eigenvalue weighted by molar-refractivity contribution is 5.81. The molecule has 0 aliphatic carbocycles. The van der Waals surface area contributed by atoms with Crippen molar-refractivity contribution in [2.24, 2.45) is 11.0 Å². The summed E-state index contributed by atoms with van der Waals surface area (Å²) in [6.07, 6.45) is 3.85. The van der Waals surface area contributed by atoms with E-state index in [4.69, 9.17) is 4.74 Å². The summed E-state index contributed by atoms with van der Waals surface area (Å²) in [5.41, 5.74) is 3.38. The van der Waals surface area contributed by atoms with E-state index in [1.165, 1.54) is 0 Å². The number of ether oxygens (including phenoxy) is 1. The van der Waals surface area contributed by atoms with E-state index in [2.05, 4.69) is 29.7 Å². The Morgan fingerprint density at radius 2 is 1.95 bits per heavy atom. The number of rotatable bonds is 8. The minimum atomic E-state index is -0.164. The molecular weight excluding hydrogens is 254 g/mol. The third-order valence-electron chi connectivity index (χ3n) is 3.07. The lowest BCUT2D eigenvalue weighted by Gasteiger charge is -2.07. The summed E-state index contributed by atoms with van der Waals surface area (Å²) in [6.45, 7) is 4.40. The van der Waals surface area contributed by atoms with Crippen LogP contribution in [0.5, 0.6) is 5.75 Å². The fraction of sp³-hybridized carbons (Fsp3) is 0.467. The van der Waals surface area contributed by atoms with E-state index in [1.807, 2.05) is 24.3 Å². The lowest BCUT2D eigenvalue weighted by atomic mass is 10.1. The zero-order chi connectivity index (χ0) is 14.8. The van der Waals surface area contributed by atoms with E-state index in [0.29, 0.717) is 5.92 Å². The van der Waals surface area contributed by atoms with Crippen LogP contribution in [0.15, 0.2) is 29.4 Å². The molecule has 2 N–H and O–H groups in total. The summed E-state index contributed by atoms with van der Waals surface area (Å²) < 4.78 is 5.07. The van der Waals surface area contributed by atoms with Crippen LogP contribution in [0, 0.1) is 5.92 Å². The van der Waals surface area contributed by atoms with Crippen LogP contribution in [0.4, 0.5) is 5.69 Å². The molecule has 1 aromatic rings. The molecule has 0 heterocycles. The van der Waals surface area contributed by atoms with E-state index >= 15 is 0 Å². The number of hydrogen-bond donors (Lipinski definition) is 2. The second kappa shape index (κ2) is 8.96. The number of methoxy groups -OCH3 is 1. The third-order valence-corrected chi connectivity index (χ3v) is 3.07. The molecule has 0 radical (unpaired) electrons. The van der Waals surface area contributed by atoms with E-state index in [1.54, 1.807) is 13.3 Å². The first-order valence-corrected chi connectivity index (χ1v) is 6.89. The SMILES string of the molecule is CCC(/C=N/NC(=O)CNc1ccc(OC)cc1)CC. The minimum Gasteiger partial charge on any atom is -0.497 e. The predicted octanol–water partition coefficient (Wildman–Crippen LogP) is 2.65. The van der Waals surface area contributed by atoms with Gasteiger partial charge < -0.3 is 10.1 Å². The zero-order valence-corrected chi connectivity index (χ0v) is 12.3. The van der Waals surface area contributed by atoms with Crippen molar-refractivity contribution in [1.29, 1.82) is 0 Å². The van der Waals surface area contributed by atoms with Crippen molar-refractivity contribution in [1.82, 2.24) is 5.43 Å². The van der Waals surface area contributed by atoms with Gasteiger partial charge in [0.1, 0.15) is 5.75 Å². The monoisotopic (exact) mass is 277 g/mol. The molecule has 0 aliphatic rings. The van der Waals surface area contributed by atoms with Gasteiger partial charge in [-0.1, -0.05) is 13.8 Å². The van der Waals surface area contributed by atoms with Crippen LogP contribution in [0.25, 0.3) is 0 Å². The number of nitrogens with zero attached hydrogens (tertiary/aromatic N) is 1. The van der Waals surface area contributed by atoms with Crippen LogP contribution in [-0.4, -0.2) is 25.8 Å². The molecule has 0 saturated carbocycles. The molecule has 5 nitrogen and oxygen atoms in total. The summed E-state index contributed by atoms with van der Waals surface area (Å²) in [5, 5.41) is 6.99. The Balaban J connectivity index is 2.32. The first kappa shape index (κ1) is 16.0. The average Bonchev–Trinajstić information content (AvgIpc) is 2.50. The molecule has 0 spiro atoms. The topological polar surface area (TPSA) is 62.7 Å². The van der Waals surface area contributed by atoms with E-state index < -0.39 is 0 Å². The molecule has 110 valence electrons. The van der Waals surface area contributed by atoms with Crippen molar-refractivity contribution in [3.63, 3.8) is 0 Å². The Bertz CT molecular complexity index is 425. The van der Waals surface area contributed by atoms with Gasteiger partial charge in [0, 0.05) is 11.9 Å². The summed E-state index contributed by atoms with van der Waals surface area (Å²) in [7, 11) is 1.62. The summed E-state index contributed by atoms with van der Waals surface area (Å²) in [6, 6.07) is 7.40. The van der Waals surface area contributed by atoms with Crippen LogP contribution in [0.3, 0.4) is 0 Å². The van der Waals surface area contributed by atoms with E-state index in [9.17, 15) is 4.79 Å². The summed E-state index contributed by atoms with van der Waals surface area (Å²) in [5.74, 6) is 1.04. The first-order valence-electron chi connectivity index (χ1n) is 6.89. The standard InChI is InChI=1S/C15H23N3O2/c1-4-12(5-2)10-17-18-15(19)11-16-13-6-8-14(20-3)9-7-13/h6-10,12,16H,4-5,11H2,1-3H3,(H,18,19)/b17-10+. The number of hydrogen-bond acceptors (Lipinski definition) is 4. The van der Waals surface area contributed by atoms with Crippen molar-refractivity contribution < 1.29 is 9.53 Å². The molecule has 0 unspecified atom stereocenters. The highest BCUT2D eigenvalue weighted by Gasteiger charge is 2.01. The first-order chi connectivity index (χ1) is 9.69. The number of nitrogens with one attached hydrogen (secondary N) is 2. The largest absolute Gasteiger partial charge is 0.497 e. The lowest BCUT2D eigenvalue weighted by Crippen LogP contribution is -2.26. The van der Waals surface area contributed by atoms with E-state index in [0.717, 1.165) is 24.3 Å². The number of benzene rings is 1. The van der Waals surface area contributed by atoms with Crippen molar-refractivity contribution in [3.8, 4) is 5.75 Å². The van der Waals surface area contributed by atoms with Gasteiger partial charge in [-0.05, 0) is 43.0 Å². The number of amides is 1. The summed E-state index contributed by atoms with van der Waals surface area (Å²) in [4.78, 5) is 11.6. The average molecular weight is 277 g/mol. The maximum atomic E-state index is 11.6. The molecule has 20 heavy (non-hydrogen) atoms. The fourth-order valence-electron chi connectivity index (χ4n) is 1.64. The molecular formula is C15H23N3O2. The van der Waals surface area contributed by atoms with Gasteiger partial charge in [0.2, 0.25) is 0 Å². The van der Waals surface area contributed by atoms with Crippen molar-refractivity contribution in [2.75, 3.05) is 19.0 Å². The molecule has 0 aliphatic heterocycles. The highest BCUT2D eigenvalue weighted by Crippen LogP contribution is 2.14. The molecule has 1 amide bonds. The number of carbonyl (C=O) groups is 1. The van der Waals surface area contributed by atoms with Gasteiger partial charge in [-0.25, -0.2) is 5.43 Å². The van der Waals surface area contributed by atoms with Crippen LogP contribution < -0.4 is 15.5 Å². The Hall–Kier alpha value is -2.04. The maximum Gasteiger partial charge on any atom is 0.259 e. The smallest absolute Gasteiger partial charge is 0.259 e. The normalized spacial score (nSPS) is 10.8. The molecule has 0 bridgehead atoms. The third kappa shape index (κ3) is 5.73. The Morgan fingerprint density at radius 1 is 1.30 bits per heavy atom. The van der Waals surface area contributed by atoms with Gasteiger partial charge in [0.25, 0.3) is 5.91 Å². The van der Waals surface area contributed by atoms with Gasteiger partial charge in [0.15, 0.2) is 0 Å². The van der Waals surface area contributed by atoms with Gasteiger partial charge in [0.05, 0.1) is 13.7 Å². The van der Waals surface area contributed by atoms with Gasteiger partial charge in [-0.3, -0.25) is 4.79 Å². The van der Waals surface area contributed by atoms with Crippen LogP contribution in [0.2, 0.25) is 0 Å². The molecule has 0 fully saturated rings. The molecule has 0 atom stereocenters. The van der Waals surface area contributed by atoms with Crippen LogP contribution in [-0.2, 0) is 4.79 Å². The summed E-state index contributed by atoms with van der Waals surface area (Å²) >= 11 is 0. The van der Waals surface area contributed by atoms with Gasteiger partial charge in [-0.15, -0.1) is 0 Å². The van der Waals surface area contributed by atoms with Crippen LogP contribution >= 0.6 is 0 Å². The number of hydrazone groups is 1. The van der Waals surface area contributed by atoms with Gasteiger partial charge >= 0.3 is 0 Å². The second-order valence-corrected chi connectivity index (χ2v) is 4.47. The second-order valence-electron chi connectivity index (χ2n) is 4.47. The Labute approximate surface area is 120 Å². The maximum absolute atomic E-state index is 11.6.